The van der Waals surface area contributed by atoms with Gasteiger partial charge in [-0.3, -0.25) is 4.79 Å². The Labute approximate surface area is 164 Å². The molecule has 3 aromatic rings. The van der Waals surface area contributed by atoms with E-state index >= 15 is 0 Å². The lowest BCUT2D eigenvalue weighted by atomic mass is 10.0. The maximum Gasteiger partial charge on any atom is 0.433 e. The number of carbonyl (C=O) groups is 1. The zero-order valence-corrected chi connectivity index (χ0v) is 15.3. The molecule has 3 nitrogen and oxygen atoms in total. The molecule has 0 spiro atoms. The minimum Gasteiger partial charge on any atom is -0.481 e. The van der Waals surface area contributed by atoms with E-state index in [4.69, 9.17) is 16.7 Å². The van der Waals surface area contributed by atoms with Crippen LogP contribution in [0, 0.1) is 0 Å². The van der Waals surface area contributed by atoms with E-state index in [2.05, 4.69) is 4.98 Å². The average Bonchev–Trinajstić information content (AvgIpc) is 2.62. The third-order valence-electron chi connectivity index (χ3n) is 4.08. The minimum atomic E-state index is -4.57. The van der Waals surface area contributed by atoms with Gasteiger partial charge in [-0.1, -0.05) is 48.0 Å². The number of hydrogen-bond acceptors (Lipinski definition) is 2. The molecule has 1 heterocycles. The van der Waals surface area contributed by atoms with Crippen molar-refractivity contribution in [2.24, 2.45) is 0 Å². The van der Waals surface area contributed by atoms with Gasteiger partial charge in [0.1, 0.15) is 5.69 Å². The van der Waals surface area contributed by atoms with E-state index in [1.807, 2.05) is 0 Å². The van der Waals surface area contributed by atoms with Gasteiger partial charge in [-0.25, -0.2) is 4.98 Å². The summed E-state index contributed by atoms with van der Waals surface area (Å²) < 4.78 is 39.9. The molecule has 1 N–H and O–H groups in total. The van der Waals surface area contributed by atoms with Gasteiger partial charge in [-0.2, -0.15) is 13.2 Å². The molecule has 0 unspecified atom stereocenters. The van der Waals surface area contributed by atoms with Gasteiger partial charge in [0.05, 0.1) is 12.1 Å². The molecule has 0 aliphatic heterocycles. The van der Waals surface area contributed by atoms with Gasteiger partial charge >= 0.3 is 12.1 Å². The molecular weight excluding hydrogens is 391 g/mol. The molecule has 3 rings (SSSR count). The zero-order valence-electron chi connectivity index (χ0n) is 14.5. The summed E-state index contributed by atoms with van der Waals surface area (Å²) in [5.74, 6) is -0.942. The number of carboxylic acids is 1. The second kappa shape index (κ2) is 8.02. The highest BCUT2D eigenvalue weighted by Gasteiger charge is 2.33. The number of halogens is 4. The van der Waals surface area contributed by atoms with Gasteiger partial charge in [0, 0.05) is 10.6 Å². The standard InChI is InChI=1S/C21H15ClF3NO2/c22-17-3-1-2-16(12-17)18-9-15(10-19(26-18)21(23,24)25)8-13-4-6-14(7-5-13)11-20(27)28/h1-7,9-10,12H,8,11H2,(H,27,28). The first-order valence-electron chi connectivity index (χ1n) is 8.34. The van der Waals surface area contributed by atoms with Crippen LogP contribution in [-0.4, -0.2) is 16.1 Å². The summed E-state index contributed by atoms with van der Waals surface area (Å²) in [6.45, 7) is 0. The van der Waals surface area contributed by atoms with Crippen molar-refractivity contribution in [1.82, 2.24) is 4.98 Å². The fourth-order valence-corrected chi connectivity index (χ4v) is 3.01. The van der Waals surface area contributed by atoms with E-state index in [0.717, 1.165) is 11.6 Å². The van der Waals surface area contributed by atoms with Crippen LogP contribution >= 0.6 is 11.6 Å². The molecule has 0 aliphatic rings. The minimum absolute atomic E-state index is 0.104. The maximum atomic E-state index is 13.3. The van der Waals surface area contributed by atoms with E-state index < -0.39 is 17.8 Å². The van der Waals surface area contributed by atoms with Crippen molar-refractivity contribution >= 4 is 17.6 Å². The van der Waals surface area contributed by atoms with Crippen molar-refractivity contribution in [3.8, 4) is 11.3 Å². The van der Waals surface area contributed by atoms with Crippen molar-refractivity contribution < 1.29 is 23.1 Å². The summed E-state index contributed by atoms with van der Waals surface area (Å²) in [6.07, 6.45) is -4.42. The molecule has 0 aliphatic carbocycles. The van der Waals surface area contributed by atoms with E-state index in [9.17, 15) is 18.0 Å². The van der Waals surface area contributed by atoms with Crippen molar-refractivity contribution in [3.63, 3.8) is 0 Å². The maximum absolute atomic E-state index is 13.3. The third kappa shape index (κ3) is 5.10. The van der Waals surface area contributed by atoms with Gasteiger partial charge in [0.2, 0.25) is 0 Å². The number of hydrogen-bond donors (Lipinski definition) is 1. The SMILES string of the molecule is O=C(O)Cc1ccc(Cc2cc(-c3cccc(Cl)c3)nc(C(F)(F)F)c2)cc1. The number of rotatable bonds is 5. The Balaban J connectivity index is 1.96. The Morgan fingerprint density at radius 2 is 1.64 bits per heavy atom. The molecule has 2 aromatic carbocycles. The Morgan fingerprint density at radius 3 is 2.25 bits per heavy atom. The predicted molar refractivity (Wildman–Crippen MR) is 100 cm³/mol. The molecule has 0 fully saturated rings. The molecule has 0 atom stereocenters. The van der Waals surface area contributed by atoms with Crippen molar-refractivity contribution in [1.29, 1.82) is 0 Å². The first-order valence-corrected chi connectivity index (χ1v) is 8.72. The van der Waals surface area contributed by atoms with Crippen LogP contribution < -0.4 is 0 Å². The molecular formula is C21H15ClF3NO2. The first kappa shape index (κ1) is 19.9. The van der Waals surface area contributed by atoms with E-state index in [1.54, 1.807) is 54.6 Å². The first-order chi connectivity index (χ1) is 13.2. The summed E-state index contributed by atoms with van der Waals surface area (Å²) in [5, 5.41) is 9.22. The lowest BCUT2D eigenvalue weighted by Crippen LogP contribution is -2.10. The second-order valence-electron chi connectivity index (χ2n) is 6.32. The highest BCUT2D eigenvalue weighted by Crippen LogP contribution is 2.32. The summed E-state index contributed by atoms with van der Waals surface area (Å²) in [5.41, 5.74) is 1.56. The van der Waals surface area contributed by atoms with Crippen LogP contribution in [0.2, 0.25) is 5.02 Å². The quantitative estimate of drug-likeness (QED) is 0.597. The molecule has 0 bridgehead atoms. The lowest BCUT2D eigenvalue weighted by molar-refractivity contribution is -0.141. The van der Waals surface area contributed by atoms with Crippen LogP contribution in [-0.2, 0) is 23.8 Å². The monoisotopic (exact) mass is 405 g/mol. The molecule has 144 valence electrons. The number of carboxylic acid groups (broad SMARTS) is 1. The fourth-order valence-electron chi connectivity index (χ4n) is 2.82. The number of aromatic nitrogens is 1. The number of pyridine rings is 1. The lowest BCUT2D eigenvalue weighted by Gasteiger charge is -2.12. The summed E-state index contributed by atoms with van der Waals surface area (Å²) in [6, 6.07) is 15.9. The van der Waals surface area contributed by atoms with Crippen LogP contribution in [0.4, 0.5) is 13.2 Å². The number of benzene rings is 2. The van der Waals surface area contributed by atoms with Crippen molar-refractivity contribution in [2.75, 3.05) is 0 Å². The molecule has 0 amide bonds. The highest BCUT2D eigenvalue weighted by atomic mass is 35.5. The topological polar surface area (TPSA) is 50.2 Å². The number of aliphatic carboxylic acids is 1. The summed E-state index contributed by atoms with van der Waals surface area (Å²) in [4.78, 5) is 14.5. The van der Waals surface area contributed by atoms with E-state index in [0.29, 0.717) is 21.7 Å². The van der Waals surface area contributed by atoms with Crippen LogP contribution in [0.3, 0.4) is 0 Å². The van der Waals surface area contributed by atoms with Crippen LogP contribution in [0.5, 0.6) is 0 Å². The van der Waals surface area contributed by atoms with Crippen molar-refractivity contribution in [2.45, 2.75) is 19.0 Å². The molecule has 0 saturated carbocycles. The fraction of sp³-hybridized carbons (Fsp3) is 0.143. The van der Waals surface area contributed by atoms with Crippen molar-refractivity contribution in [3.05, 3.63) is 88.1 Å². The Bertz CT molecular complexity index is 1000. The molecule has 28 heavy (non-hydrogen) atoms. The molecule has 0 radical (unpaired) electrons. The van der Waals surface area contributed by atoms with Crippen LogP contribution in [0.15, 0.2) is 60.7 Å². The number of alkyl halides is 3. The summed E-state index contributed by atoms with van der Waals surface area (Å²) in [7, 11) is 0. The molecule has 0 saturated heterocycles. The van der Waals surface area contributed by atoms with Gasteiger partial charge in [0.25, 0.3) is 0 Å². The van der Waals surface area contributed by atoms with Crippen LogP contribution in [0.25, 0.3) is 11.3 Å². The molecule has 7 heteroatoms. The number of nitrogens with zero attached hydrogens (tertiary/aromatic N) is 1. The smallest absolute Gasteiger partial charge is 0.433 e. The largest absolute Gasteiger partial charge is 0.481 e. The van der Waals surface area contributed by atoms with Gasteiger partial charge < -0.3 is 5.11 Å². The van der Waals surface area contributed by atoms with Gasteiger partial charge in [0.15, 0.2) is 0 Å². The van der Waals surface area contributed by atoms with Gasteiger partial charge in [-0.15, -0.1) is 0 Å². The predicted octanol–water partition coefficient (Wildman–Crippen LogP) is 5.64. The van der Waals surface area contributed by atoms with E-state index in [-0.39, 0.29) is 18.5 Å². The molecule has 1 aromatic heterocycles. The Morgan fingerprint density at radius 1 is 0.964 bits per heavy atom. The highest BCUT2D eigenvalue weighted by molar-refractivity contribution is 6.30. The second-order valence-corrected chi connectivity index (χ2v) is 6.75. The third-order valence-corrected chi connectivity index (χ3v) is 4.32. The Hall–Kier alpha value is -2.86. The Kier molecular flexibility index (Phi) is 5.70. The zero-order chi connectivity index (χ0) is 20.3. The normalized spacial score (nSPS) is 11.4. The average molecular weight is 406 g/mol. The van der Waals surface area contributed by atoms with Gasteiger partial charge in [-0.05, 0) is 47.4 Å². The van der Waals surface area contributed by atoms with E-state index in [1.165, 1.54) is 0 Å². The van der Waals surface area contributed by atoms with Crippen LogP contribution in [0.1, 0.15) is 22.4 Å². The summed E-state index contributed by atoms with van der Waals surface area (Å²) >= 11 is 5.95.